The Labute approximate surface area is 164 Å². The molecule has 0 bridgehead atoms. The van der Waals surface area contributed by atoms with Gasteiger partial charge in [0.25, 0.3) is 0 Å². The van der Waals surface area contributed by atoms with Crippen molar-refractivity contribution in [2.24, 2.45) is 0 Å². The molecule has 1 aliphatic heterocycles. The van der Waals surface area contributed by atoms with E-state index in [1.807, 2.05) is 35.9 Å². The number of aromatic nitrogens is 4. The number of pyridine rings is 1. The van der Waals surface area contributed by atoms with E-state index in [-0.39, 0.29) is 18.6 Å². The van der Waals surface area contributed by atoms with Crippen LogP contribution in [0.1, 0.15) is 36.6 Å². The number of fused-ring (bicyclic) bond motifs is 3. The molecule has 0 spiro atoms. The number of aryl methyl sites for hydroxylation is 1. The molecule has 1 aliphatic carbocycles. The van der Waals surface area contributed by atoms with Gasteiger partial charge in [-0.2, -0.15) is 4.31 Å². The number of nitrogens with zero attached hydrogens (tertiary/aromatic N) is 5. The summed E-state index contributed by atoms with van der Waals surface area (Å²) in [7, 11) is -3.60. The molecule has 2 aromatic heterocycles. The second kappa shape index (κ2) is 6.49. The maximum Gasteiger partial charge on any atom is 0.243 e. The van der Waals surface area contributed by atoms with Crippen molar-refractivity contribution in [1.82, 2.24) is 24.3 Å². The summed E-state index contributed by atoms with van der Waals surface area (Å²) in [5.74, 6) is 0. The smallest absolute Gasteiger partial charge is 0.243 e. The molecule has 0 unspecified atom stereocenters. The van der Waals surface area contributed by atoms with Crippen LogP contribution in [0.15, 0.2) is 53.7 Å². The van der Waals surface area contributed by atoms with Gasteiger partial charge in [0.05, 0.1) is 23.2 Å². The predicted molar refractivity (Wildman–Crippen MR) is 104 cm³/mol. The van der Waals surface area contributed by atoms with Crippen molar-refractivity contribution in [1.29, 1.82) is 0 Å². The molecule has 3 heterocycles. The van der Waals surface area contributed by atoms with Crippen LogP contribution in [0.3, 0.4) is 0 Å². The van der Waals surface area contributed by atoms with Crippen LogP contribution in [0.5, 0.6) is 0 Å². The molecular weight excluding hydrogens is 374 g/mol. The monoisotopic (exact) mass is 395 g/mol. The Kier molecular flexibility index (Phi) is 4.06. The molecule has 8 heteroatoms. The van der Waals surface area contributed by atoms with Crippen LogP contribution in [-0.2, 0) is 16.6 Å². The number of rotatable bonds is 3. The predicted octanol–water partition coefficient (Wildman–Crippen LogP) is 2.95. The normalized spacial score (nSPS) is 22.0. The molecule has 0 saturated heterocycles. The van der Waals surface area contributed by atoms with Gasteiger partial charge in [-0.05, 0) is 50.5 Å². The molecule has 2 aliphatic rings. The molecular formula is C20H21N5O2S. The van der Waals surface area contributed by atoms with Crippen molar-refractivity contribution in [3.8, 4) is 11.3 Å². The highest BCUT2D eigenvalue weighted by Gasteiger charge is 2.45. The van der Waals surface area contributed by atoms with E-state index in [1.165, 1.54) is 0 Å². The summed E-state index contributed by atoms with van der Waals surface area (Å²) in [4.78, 5) is 4.51. The summed E-state index contributed by atoms with van der Waals surface area (Å²) in [6.07, 6.45) is 6.19. The largest absolute Gasteiger partial charge is 0.264 e. The fourth-order valence-electron chi connectivity index (χ4n) is 4.37. The molecule has 1 saturated carbocycles. The summed E-state index contributed by atoms with van der Waals surface area (Å²) in [5, 5.41) is 8.77. The lowest BCUT2D eigenvalue weighted by Crippen LogP contribution is -2.47. The summed E-state index contributed by atoms with van der Waals surface area (Å²) in [6, 6.07) is 10.8. The molecule has 3 aromatic rings. The van der Waals surface area contributed by atoms with Crippen LogP contribution < -0.4 is 0 Å². The quantitative estimate of drug-likeness (QED) is 0.681. The van der Waals surface area contributed by atoms with Gasteiger partial charge in [-0.25, -0.2) is 13.1 Å². The van der Waals surface area contributed by atoms with Gasteiger partial charge in [-0.3, -0.25) is 4.98 Å². The summed E-state index contributed by atoms with van der Waals surface area (Å²) < 4.78 is 30.6. The van der Waals surface area contributed by atoms with Crippen molar-refractivity contribution in [3.05, 3.63) is 60.0 Å². The van der Waals surface area contributed by atoms with Crippen molar-refractivity contribution >= 4 is 10.0 Å². The lowest BCUT2D eigenvalue weighted by molar-refractivity contribution is 0.201. The molecule has 5 rings (SSSR count). The maximum absolute atomic E-state index is 13.5. The summed E-state index contributed by atoms with van der Waals surface area (Å²) >= 11 is 0. The Morgan fingerprint density at radius 2 is 1.86 bits per heavy atom. The topological polar surface area (TPSA) is 81.0 Å². The van der Waals surface area contributed by atoms with Gasteiger partial charge in [0.1, 0.15) is 5.69 Å². The Bertz CT molecular complexity index is 1110. The van der Waals surface area contributed by atoms with Gasteiger partial charge in [-0.1, -0.05) is 22.9 Å². The third-order valence-corrected chi connectivity index (χ3v) is 7.67. The third kappa shape index (κ3) is 2.67. The molecule has 144 valence electrons. The van der Waals surface area contributed by atoms with E-state index >= 15 is 0 Å². The van der Waals surface area contributed by atoms with Gasteiger partial charge in [0, 0.05) is 24.0 Å². The highest BCUT2D eigenvalue weighted by molar-refractivity contribution is 7.89. The minimum Gasteiger partial charge on any atom is -0.264 e. The fraction of sp³-hybridized carbons (Fsp3) is 0.350. The standard InChI is InChI=1S/C20H21N5O2S/c1-14-7-9-16(10-8-14)28(26,27)24-13-19-20(15-4-3-11-21-12-15)22-23-25(19)18-6-2-5-17(18)24/h3-4,7-12,17-18H,2,5-6,13H2,1H3/t17-,18-/m1/s1. The molecule has 2 atom stereocenters. The SMILES string of the molecule is Cc1ccc(S(=O)(=O)N2Cc3c(-c4cccnc4)nnn3[C@@H]3CCC[C@H]32)cc1. The summed E-state index contributed by atoms with van der Waals surface area (Å²) in [5.41, 5.74) is 3.44. The first-order valence-electron chi connectivity index (χ1n) is 9.49. The van der Waals surface area contributed by atoms with Gasteiger partial charge in [-0.15, -0.1) is 5.10 Å². The highest BCUT2D eigenvalue weighted by atomic mass is 32.2. The first-order chi connectivity index (χ1) is 13.6. The zero-order chi connectivity index (χ0) is 19.3. The van der Waals surface area contributed by atoms with Crippen LogP contribution >= 0.6 is 0 Å². The summed E-state index contributed by atoms with van der Waals surface area (Å²) in [6.45, 7) is 2.23. The van der Waals surface area contributed by atoms with E-state index < -0.39 is 10.0 Å². The van der Waals surface area contributed by atoms with E-state index in [2.05, 4.69) is 15.3 Å². The second-order valence-electron chi connectivity index (χ2n) is 7.50. The molecule has 0 amide bonds. The van der Waals surface area contributed by atoms with Crippen molar-refractivity contribution in [2.75, 3.05) is 0 Å². The molecule has 7 nitrogen and oxygen atoms in total. The number of hydrogen-bond acceptors (Lipinski definition) is 5. The Balaban J connectivity index is 1.61. The van der Waals surface area contributed by atoms with Crippen LogP contribution in [0.4, 0.5) is 0 Å². The average Bonchev–Trinajstić information content (AvgIpc) is 3.35. The van der Waals surface area contributed by atoms with Gasteiger partial charge < -0.3 is 0 Å². The molecule has 1 fully saturated rings. The van der Waals surface area contributed by atoms with Crippen LogP contribution in [0.25, 0.3) is 11.3 Å². The van der Waals surface area contributed by atoms with Gasteiger partial charge in [0.15, 0.2) is 0 Å². The van der Waals surface area contributed by atoms with E-state index in [0.29, 0.717) is 10.6 Å². The number of sulfonamides is 1. The lowest BCUT2D eigenvalue weighted by atomic mass is 10.1. The molecule has 0 radical (unpaired) electrons. The van der Waals surface area contributed by atoms with Crippen molar-refractivity contribution < 1.29 is 8.42 Å². The fourth-order valence-corrected chi connectivity index (χ4v) is 6.02. The zero-order valence-electron chi connectivity index (χ0n) is 15.6. The Hall–Kier alpha value is -2.58. The Morgan fingerprint density at radius 1 is 1.07 bits per heavy atom. The lowest BCUT2D eigenvalue weighted by Gasteiger charge is -2.37. The average molecular weight is 395 g/mol. The van der Waals surface area contributed by atoms with E-state index in [1.54, 1.807) is 28.8 Å². The second-order valence-corrected chi connectivity index (χ2v) is 9.39. The third-order valence-electron chi connectivity index (χ3n) is 5.79. The highest BCUT2D eigenvalue weighted by Crippen LogP contribution is 2.42. The zero-order valence-corrected chi connectivity index (χ0v) is 16.4. The molecule has 28 heavy (non-hydrogen) atoms. The van der Waals surface area contributed by atoms with Crippen molar-refractivity contribution in [3.63, 3.8) is 0 Å². The van der Waals surface area contributed by atoms with Crippen molar-refractivity contribution in [2.45, 2.75) is 49.7 Å². The van der Waals surface area contributed by atoms with Crippen LogP contribution in [0, 0.1) is 6.92 Å². The first kappa shape index (κ1) is 17.5. The maximum atomic E-state index is 13.5. The Morgan fingerprint density at radius 3 is 2.61 bits per heavy atom. The molecule has 1 aromatic carbocycles. The van der Waals surface area contributed by atoms with Crippen LogP contribution in [0.2, 0.25) is 0 Å². The van der Waals surface area contributed by atoms with Crippen LogP contribution in [-0.4, -0.2) is 38.7 Å². The number of hydrogen-bond donors (Lipinski definition) is 0. The minimum atomic E-state index is -3.60. The minimum absolute atomic E-state index is 0.0295. The first-order valence-corrected chi connectivity index (χ1v) is 10.9. The van der Waals surface area contributed by atoms with Gasteiger partial charge in [0.2, 0.25) is 10.0 Å². The van der Waals surface area contributed by atoms with Gasteiger partial charge >= 0.3 is 0 Å². The molecule has 0 N–H and O–H groups in total. The van der Waals surface area contributed by atoms with E-state index in [0.717, 1.165) is 36.1 Å². The number of benzene rings is 1. The van der Waals surface area contributed by atoms with E-state index in [9.17, 15) is 8.42 Å². The van der Waals surface area contributed by atoms with E-state index in [4.69, 9.17) is 0 Å².